The summed E-state index contributed by atoms with van der Waals surface area (Å²) >= 11 is 1.51. The zero-order valence-corrected chi connectivity index (χ0v) is 20.1. The minimum atomic E-state index is -3.27. The van der Waals surface area contributed by atoms with Gasteiger partial charge < -0.3 is 5.32 Å². The van der Waals surface area contributed by atoms with Crippen molar-refractivity contribution in [1.82, 2.24) is 9.97 Å². The fourth-order valence-electron chi connectivity index (χ4n) is 3.34. The molecule has 8 heteroatoms. The fourth-order valence-corrected chi connectivity index (χ4v) is 5.06. The molecule has 0 aliphatic carbocycles. The predicted octanol–water partition coefficient (Wildman–Crippen LogP) is 5.60. The number of aryl methyl sites for hydroxylation is 1. The van der Waals surface area contributed by atoms with Crippen molar-refractivity contribution in [3.05, 3.63) is 72.4 Å². The maximum absolute atomic E-state index is 11.8. The van der Waals surface area contributed by atoms with Crippen molar-refractivity contribution in [3.8, 4) is 32.3 Å². The van der Waals surface area contributed by atoms with E-state index in [1.807, 2.05) is 37.3 Å². The highest BCUT2D eigenvalue weighted by molar-refractivity contribution is 7.90. The van der Waals surface area contributed by atoms with E-state index in [9.17, 15) is 13.2 Å². The maximum atomic E-state index is 11.8. The molecule has 4 aromatic rings. The number of nitrogens with one attached hydrogen (secondary N) is 1. The van der Waals surface area contributed by atoms with Crippen LogP contribution in [0.3, 0.4) is 0 Å². The number of sulfone groups is 1. The van der Waals surface area contributed by atoms with Crippen LogP contribution in [0.15, 0.2) is 71.8 Å². The Hall–Kier alpha value is -3.36. The van der Waals surface area contributed by atoms with Crippen LogP contribution in [0.2, 0.25) is 0 Å². The number of carbonyl (C=O) groups is 1. The third-order valence-electron chi connectivity index (χ3n) is 5.06. The highest BCUT2D eigenvalue weighted by Crippen LogP contribution is 2.41. The first-order chi connectivity index (χ1) is 15.7. The summed E-state index contributed by atoms with van der Waals surface area (Å²) in [6.45, 7) is 3.82. The van der Waals surface area contributed by atoms with Crippen molar-refractivity contribution in [3.63, 3.8) is 0 Å². The van der Waals surface area contributed by atoms with Crippen LogP contribution in [0.25, 0.3) is 32.3 Å². The van der Waals surface area contributed by atoms with Gasteiger partial charge in [0, 0.05) is 30.0 Å². The lowest BCUT2D eigenvalue weighted by Gasteiger charge is -2.07. The second kappa shape index (κ2) is 9.25. The number of anilines is 1. The Morgan fingerprint density at radius 1 is 1.00 bits per heavy atom. The minimum absolute atomic E-state index is 0.102. The van der Waals surface area contributed by atoms with Gasteiger partial charge in [0.05, 0.1) is 15.5 Å². The van der Waals surface area contributed by atoms with Gasteiger partial charge in [0.2, 0.25) is 5.91 Å². The average Bonchev–Trinajstić information content (AvgIpc) is 3.24. The monoisotopic (exact) mass is 477 g/mol. The van der Waals surface area contributed by atoms with Crippen LogP contribution < -0.4 is 5.32 Å². The molecule has 2 aromatic heterocycles. The Morgan fingerprint density at radius 2 is 1.76 bits per heavy atom. The van der Waals surface area contributed by atoms with Crippen LogP contribution in [-0.4, -0.2) is 30.5 Å². The number of pyridine rings is 1. The van der Waals surface area contributed by atoms with Crippen molar-refractivity contribution in [2.75, 3.05) is 11.6 Å². The van der Waals surface area contributed by atoms with Crippen LogP contribution in [0.5, 0.6) is 0 Å². The fraction of sp³-hybridized carbons (Fsp3) is 0.160. The molecule has 0 atom stereocenters. The maximum Gasteiger partial charge on any atom is 0.225 e. The summed E-state index contributed by atoms with van der Waals surface area (Å²) in [5, 5.41) is 3.58. The Bertz CT molecular complexity index is 1430. The van der Waals surface area contributed by atoms with E-state index in [0.717, 1.165) is 37.8 Å². The van der Waals surface area contributed by atoms with E-state index >= 15 is 0 Å². The highest BCUT2D eigenvalue weighted by atomic mass is 32.2. The second-order valence-electron chi connectivity index (χ2n) is 7.69. The van der Waals surface area contributed by atoms with E-state index in [1.54, 1.807) is 37.4 Å². The van der Waals surface area contributed by atoms with Crippen LogP contribution in [-0.2, 0) is 14.6 Å². The van der Waals surface area contributed by atoms with Gasteiger partial charge in [-0.1, -0.05) is 42.8 Å². The minimum Gasteiger partial charge on any atom is -0.311 e. The third-order valence-corrected chi connectivity index (χ3v) is 7.34. The highest BCUT2D eigenvalue weighted by Gasteiger charge is 2.18. The van der Waals surface area contributed by atoms with Gasteiger partial charge in [-0.05, 0) is 42.8 Å². The number of hydrogen-bond acceptors (Lipinski definition) is 6. The SMILES string of the molecule is CCC(=O)Nc1cc(-c2sc(-c3ccc(S(C)(=O)=O)cc3)nc2-c2cccc(C)c2)ccn1. The molecule has 0 aliphatic heterocycles. The van der Waals surface area contributed by atoms with Gasteiger partial charge in [-0.25, -0.2) is 18.4 Å². The van der Waals surface area contributed by atoms with Crippen LogP contribution in [0.1, 0.15) is 18.9 Å². The van der Waals surface area contributed by atoms with Gasteiger partial charge in [-0.3, -0.25) is 4.79 Å². The van der Waals surface area contributed by atoms with E-state index < -0.39 is 9.84 Å². The molecule has 2 aromatic carbocycles. The molecule has 0 spiro atoms. The van der Waals surface area contributed by atoms with E-state index in [1.165, 1.54) is 17.6 Å². The van der Waals surface area contributed by atoms with Gasteiger partial charge in [-0.2, -0.15) is 0 Å². The van der Waals surface area contributed by atoms with E-state index in [4.69, 9.17) is 4.98 Å². The molecule has 2 heterocycles. The molecule has 1 N–H and O–H groups in total. The smallest absolute Gasteiger partial charge is 0.225 e. The summed E-state index contributed by atoms with van der Waals surface area (Å²) in [6.07, 6.45) is 3.23. The quantitative estimate of drug-likeness (QED) is 0.390. The van der Waals surface area contributed by atoms with Crippen molar-refractivity contribution in [1.29, 1.82) is 0 Å². The van der Waals surface area contributed by atoms with E-state index in [2.05, 4.69) is 16.4 Å². The summed E-state index contributed by atoms with van der Waals surface area (Å²) < 4.78 is 23.6. The van der Waals surface area contributed by atoms with Crippen LogP contribution in [0, 0.1) is 6.92 Å². The molecule has 0 saturated carbocycles. The molecular formula is C25H23N3O3S2. The molecule has 0 bridgehead atoms. The molecule has 33 heavy (non-hydrogen) atoms. The standard InChI is InChI=1S/C25H23N3O3S2/c1-4-22(29)27-21-15-19(12-13-26-21)24-23(18-7-5-6-16(2)14-18)28-25(32-24)17-8-10-20(11-9-17)33(3,30)31/h5-15H,4H2,1-3H3,(H,26,27,29). The van der Waals surface area contributed by atoms with Gasteiger partial charge >= 0.3 is 0 Å². The average molecular weight is 478 g/mol. The van der Waals surface area contributed by atoms with Crippen molar-refractivity contribution in [2.24, 2.45) is 0 Å². The van der Waals surface area contributed by atoms with Gasteiger partial charge in [0.25, 0.3) is 0 Å². The molecule has 0 radical (unpaired) electrons. The predicted molar refractivity (Wildman–Crippen MR) is 133 cm³/mol. The van der Waals surface area contributed by atoms with E-state index in [0.29, 0.717) is 12.2 Å². The van der Waals surface area contributed by atoms with Crippen LogP contribution in [0.4, 0.5) is 5.82 Å². The summed E-state index contributed by atoms with van der Waals surface area (Å²) in [6, 6.07) is 18.6. The number of amides is 1. The largest absolute Gasteiger partial charge is 0.311 e. The molecule has 168 valence electrons. The molecule has 6 nitrogen and oxygen atoms in total. The lowest BCUT2D eigenvalue weighted by Crippen LogP contribution is -2.10. The number of benzene rings is 2. The molecule has 0 aliphatic rings. The zero-order chi connectivity index (χ0) is 23.6. The first-order valence-electron chi connectivity index (χ1n) is 10.4. The number of nitrogens with zero attached hydrogens (tertiary/aromatic N) is 2. The van der Waals surface area contributed by atoms with E-state index in [-0.39, 0.29) is 10.8 Å². The number of hydrogen-bond donors (Lipinski definition) is 1. The Balaban J connectivity index is 1.83. The van der Waals surface area contributed by atoms with Gasteiger partial charge in [0.1, 0.15) is 10.8 Å². The molecule has 0 unspecified atom stereocenters. The zero-order valence-electron chi connectivity index (χ0n) is 18.5. The van der Waals surface area contributed by atoms with Crippen molar-refractivity contribution >= 4 is 32.9 Å². The first kappa shape index (κ1) is 22.8. The molecule has 0 fully saturated rings. The molecular weight excluding hydrogens is 454 g/mol. The Kier molecular flexibility index (Phi) is 6.40. The summed E-state index contributed by atoms with van der Waals surface area (Å²) in [5.41, 5.74) is 4.66. The van der Waals surface area contributed by atoms with Crippen LogP contribution >= 0.6 is 11.3 Å². The summed E-state index contributed by atoms with van der Waals surface area (Å²) in [5.74, 6) is 0.386. The topological polar surface area (TPSA) is 89.0 Å². The lowest BCUT2D eigenvalue weighted by atomic mass is 10.1. The van der Waals surface area contributed by atoms with Crippen molar-refractivity contribution in [2.45, 2.75) is 25.2 Å². The number of thiazole rings is 1. The van der Waals surface area contributed by atoms with Gasteiger partial charge in [-0.15, -0.1) is 11.3 Å². The van der Waals surface area contributed by atoms with Crippen molar-refractivity contribution < 1.29 is 13.2 Å². The summed E-state index contributed by atoms with van der Waals surface area (Å²) in [7, 11) is -3.27. The molecule has 4 rings (SSSR count). The number of aromatic nitrogens is 2. The Labute approximate surface area is 197 Å². The van der Waals surface area contributed by atoms with Gasteiger partial charge in [0.15, 0.2) is 9.84 Å². The normalized spacial score (nSPS) is 11.4. The molecule has 0 saturated heterocycles. The Morgan fingerprint density at radius 3 is 2.42 bits per heavy atom. The number of rotatable bonds is 6. The molecule has 1 amide bonds. The lowest BCUT2D eigenvalue weighted by molar-refractivity contribution is -0.115. The third kappa shape index (κ3) is 5.18. The summed E-state index contributed by atoms with van der Waals surface area (Å²) in [4.78, 5) is 22.2. The number of carbonyl (C=O) groups excluding carboxylic acids is 1. The second-order valence-corrected chi connectivity index (χ2v) is 10.7. The first-order valence-corrected chi connectivity index (χ1v) is 13.1.